The summed E-state index contributed by atoms with van der Waals surface area (Å²) in [5.74, 6) is -0.715. The molecule has 4 rings (SSSR count). The molecule has 2 aliphatic carbocycles. The zero-order chi connectivity index (χ0) is 25.2. The molecule has 1 fully saturated rings. The number of carbonyl (C=O) groups is 1. The van der Waals surface area contributed by atoms with Gasteiger partial charge >= 0.3 is 0 Å². The van der Waals surface area contributed by atoms with Crippen molar-refractivity contribution in [3.8, 4) is 6.07 Å². The minimum absolute atomic E-state index is 0.0347. The number of amides is 1. The van der Waals surface area contributed by atoms with Crippen LogP contribution in [0.1, 0.15) is 36.8 Å². The van der Waals surface area contributed by atoms with Crippen LogP contribution >= 0.6 is 23.2 Å². The van der Waals surface area contributed by atoms with Crippen LogP contribution in [0.2, 0.25) is 0 Å². The molecule has 0 heterocycles. The smallest absolute Gasteiger partial charge is 0.225 e. The Bertz CT molecular complexity index is 1320. The van der Waals surface area contributed by atoms with Gasteiger partial charge in [0.2, 0.25) is 5.91 Å². The van der Waals surface area contributed by atoms with Crippen molar-refractivity contribution in [2.75, 3.05) is 6.26 Å². The molecule has 35 heavy (non-hydrogen) atoms. The molecule has 2 unspecified atom stereocenters. The molecule has 0 spiro atoms. The van der Waals surface area contributed by atoms with E-state index in [-0.39, 0.29) is 17.2 Å². The molecule has 1 amide bonds. The van der Waals surface area contributed by atoms with Crippen LogP contribution in [0, 0.1) is 23.2 Å². The van der Waals surface area contributed by atoms with E-state index in [9.17, 15) is 18.5 Å². The van der Waals surface area contributed by atoms with Gasteiger partial charge in [0.15, 0.2) is 9.84 Å². The Kier molecular flexibility index (Phi) is 7.42. The highest BCUT2D eigenvalue weighted by Crippen LogP contribution is 2.48. The Balaban J connectivity index is 1.65. The van der Waals surface area contributed by atoms with Gasteiger partial charge in [-0.2, -0.15) is 5.26 Å². The number of nitrogens with zero attached hydrogens (tertiary/aromatic N) is 1. The SMILES string of the molecule is CS(=O)(=O)c1ccc(CC(=O)NC2(CC3CCC3)C=C(Cl)C(c3ccccc3)=C(Cl)C2C#N)cc1. The molecule has 5 nitrogen and oxygen atoms in total. The van der Waals surface area contributed by atoms with Gasteiger partial charge in [-0.25, -0.2) is 8.42 Å². The molecular weight excluding hydrogens is 503 g/mol. The predicted molar refractivity (Wildman–Crippen MR) is 138 cm³/mol. The van der Waals surface area contributed by atoms with Crippen molar-refractivity contribution < 1.29 is 13.2 Å². The van der Waals surface area contributed by atoms with E-state index >= 15 is 0 Å². The molecular formula is C27H26Cl2N2O3S. The van der Waals surface area contributed by atoms with Crippen molar-refractivity contribution in [3.05, 3.63) is 81.9 Å². The number of sulfone groups is 1. The van der Waals surface area contributed by atoms with Gasteiger partial charge in [0.25, 0.3) is 0 Å². The van der Waals surface area contributed by atoms with Gasteiger partial charge in [-0.15, -0.1) is 0 Å². The molecule has 0 bridgehead atoms. The zero-order valence-corrected chi connectivity index (χ0v) is 21.6. The van der Waals surface area contributed by atoms with E-state index < -0.39 is 21.3 Å². The Morgan fingerprint density at radius 3 is 2.31 bits per heavy atom. The zero-order valence-electron chi connectivity index (χ0n) is 19.3. The minimum atomic E-state index is -3.32. The number of halogens is 2. The topological polar surface area (TPSA) is 87.0 Å². The van der Waals surface area contributed by atoms with Crippen molar-refractivity contribution >= 4 is 44.5 Å². The molecule has 2 atom stereocenters. The molecule has 1 saturated carbocycles. The van der Waals surface area contributed by atoms with Gasteiger partial charge in [-0.1, -0.05) is 84.9 Å². The molecule has 0 aromatic heterocycles. The molecule has 0 radical (unpaired) electrons. The number of allylic oxidation sites excluding steroid dienone is 2. The maximum atomic E-state index is 13.2. The molecule has 2 aromatic carbocycles. The lowest BCUT2D eigenvalue weighted by molar-refractivity contribution is -0.122. The quantitative estimate of drug-likeness (QED) is 0.506. The fourth-order valence-electron chi connectivity index (χ4n) is 4.77. The van der Waals surface area contributed by atoms with Crippen LogP contribution in [0.5, 0.6) is 0 Å². The van der Waals surface area contributed by atoms with Crippen LogP contribution in [0.15, 0.2) is 75.6 Å². The van der Waals surface area contributed by atoms with Gasteiger partial charge in [-0.3, -0.25) is 4.79 Å². The van der Waals surface area contributed by atoms with Crippen LogP contribution in [0.3, 0.4) is 0 Å². The summed E-state index contributed by atoms with van der Waals surface area (Å²) in [6.45, 7) is 0. The first-order valence-corrected chi connectivity index (χ1v) is 14.1. The van der Waals surface area contributed by atoms with Gasteiger partial charge in [0.05, 0.1) is 22.9 Å². The van der Waals surface area contributed by atoms with Crippen LogP contribution in [-0.2, 0) is 21.1 Å². The summed E-state index contributed by atoms with van der Waals surface area (Å²) in [5.41, 5.74) is 1.05. The average Bonchev–Trinajstić information content (AvgIpc) is 2.77. The molecule has 0 aliphatic heterocycles. The Morgan fingerprint density at radius 2 is 1.77 bits per heavy atom. The van der Waals surface area contributed by atoms with Crippen molar-refractivity contribution in [1.82, 2.24) is 5.32 Å². The monoisotopic (exact) mass is 528 g/mol. The van der Waals surface area contributed by atoms with Crippen LogP contribution in [-0.4, -0.2) is 26.1 Å². The first-order valence-electron chi connectivity index (χ1n) is 11.5. The third kappa shape index (κ3) is 5.48. The predicted octanol–water partition coefficient (Wildman–Crippen LogP) is 5.60. The van der Waals surface area contributed by atoms with Gasteiger partial charge in [0, 0.05) is 21.9 Å². The summed E-state index contributed by atoms with van der Waals surface area (Å²) in [7, 11) is -3.32. The van der Waals surface area contributed by atoms with Crippen molar-refractivity contribution in [3.63, 3.8) is 0 Å². The maximum Gasteiger partial charge on any atom is 0.225 e. The molecule has 8 heteroatoms. The maximum absolute atomic E-state index is 13.2. The second-order valence-corrected chi connectivity index (χ2v) is 12.2. The summed E-state index contributed by atoms with van der Waals surface area (Å²) in [6.07, 6.45) is 6.71. The van der Waals surface area contributed by atoms with Crippen LogP contribution in [0.4, 0.5) is 0 Å². The molecule has 182 valence electrons. The van der Waals surface area contributed by atoms with Crippen molar-refractivity contribution in [2.45, 2.75) is 42.5 Å². The van der Waals surface area contributed by atoms with Crippen LogP contribution in [0.25, 0.3) is 5.57 Å². The summed E-state index contributed by atoms with van der Waals surface area (Å²) >= 11 is 13.6. The van der Waals surface area contributed by atoms with Gasteiger partial charge in [-0.05, 0) is 41.7 Å². The first kappa shape index (κ1) is 25.5. The number of nitriles is 1. The first-order chi connectivity index (χ1) is 16.6. The average molecular weight is 529 g/mol. The van der Waals surface area contributed by atoms with E-state index in [1.165, 1.54) is 12.1 Å². The highest BCUT2D eigenvalue weighted by Gasteiger charge is 2.47. The standard InChI is InChI=1S/C27H26Cl2N2O3S/c1-35(33,34)21-12-10-18(11-13-21)14-24(32)31-27(15-19-6-5-7-19)16-23(28)25(26(29)22(27)17-30)20-8-3-2-4-9-20/h2-4,8-13,16,19,22H,5-7,14-15H2,1H3,(H,31,32). The summed E-state index contributed by atoms with van der Waals surface area (Å²) in [5, 5.41) is 14.0. The lowest BCUT2D eigenvalue weighted by Gasteiger charge is -2.43. The number of hydrogen-bond acceptors (Lipinski definition) is 4. The Morgan fingerprint density at radius 1 is 1.11 bits per heavy atom. The Hall–Kier alpha value is -2.59. The molecule has 2 aromatic rings. The second kappa shape index (κ2) is 10.2. The number of nitrogens with one attached hydrogen (secondary N) is 1. The molecule has 1 N–H and O–H groups in total. The van der Waals surface area contributed by atoms with Crippen molar-refractivity contribution in [1.29, 1.82) is 5.26 Å². The van der Waals surface area contributed by atoms with E-state index in [1.54, 1.807) is 18.2 Å². The summed E-state index contributed by atoms with van der Waals surface area (Å²) < 4.78 is 23.4. The largest absolute Gasteiger partial charge is 0.345 e. The van der Waals surface area contributed by atoms with Crippen molar-refractivity contribution in [2.24, 2.45) is 11.8 Å². The van der Waals surface area contributed by atoms with E-state index in [0.717, 1.165) is 31.1 Å². The number of benzene rings is 2. The lowest BCUT2D eigenvalue weighted by atomic mass is 9.68. The highest BCUT2D eigenvalue weighted by atomic mass is 35.5. The molecule has 0 saturated heterocycles. The van der Waals surface area contributed by atoms with Gasteiger partial charge in [0.1, 0.15) is 5.92 Å². The third-order valence-corrected chi connectivity index (χ3v) is 8.60. The van der Waals surface area contributed by atoms with E-state index in [0.29, 0.717) is 33.5 Å². The number of hydrogen-bond donors (Lipinski definition) is 1. The van der Waals surface area contributed by atoms with E-state index in [4.69, 9.17) is 23.2 Å². The summed E-state index contributed by atoms with van der Waals surface area (Å²) in [6, 6.07) is 18.0. The van der Waals surface area contributed by atoms with Crippen LogP contribution < -0.4 is 5.32 Å². The molecule has 2 aliphatic rings. The summed E-state index contributed by atoms with van der Waals surface area (Å²) in [4.78, 5) is 13.4. The number of carbonyl (C=O) groups excluding carboxylic acids is 1. The van der Waals surface area contributed by atoms with E-state index in [2.05, 4.69) is 11.4 Å². The number of rotatable bonds is 7. The lowest BCUT2D eigenvalue weighted by Crippen LogP contribution is -2.55. The fourth-order valence-corrected chi connectivity index (χ4v) is 6.31. The normalized spacial score (nSPS) is 22.7. The Labute approximate surface area is 216 Å². The highest BCUT2D eigenvalue weighted by molar-refractivity contribution is 7.90. The van der Waals surface area contributed by atoms with Gasteiger partial charge < -0.3 is 5.32 Å². The van der Waals surface area contributed by atoms with E-state index in [1.807, 2.05) is 30.3 Å². The second-order valence-electron chi connectivity index (χ2n) is 9.33. The minimum Gasteiger partial charge on any atom is -0.345 e. The fraction of sp³-hybridized carbons (Fsp3) is 0.333. The third-order valence-electron chi connectivity index (χ3n) is 6.76.